The quantitative estimate of drug-likeness (QED) is 0.766. The number of carboxylic acids is 1. The summed E-state index contributed by atoms with van der Waals surface area (Å²) >= 11 is 1.34. The van der Waals surface area contributed by atoms with E-state index >= 15 is 0 Å². The molecule has 17 heavy (non-hydrogen) atoms. The van der Waals surface area contributed by atoms with Crippen molar-refractivity contribution in [2.75, 3.05) is 6.61 Å². The molecule has 0 amide bonds. The fourth-order valence-electron chi connectivity index (χ4n) is 1.39. The fraction of sp³-hybridized carbons (Fsp3) is 0.462. The Labute approximate surface area is 106 Å². The topological polar surface area (TPSA) is 57.5 Å². The molecule has 1 aromatic rings. The molecule has 0 atom stereocenters. The number of benzene rings is 1. The highest BCUT2D eigenvalue weighted by atomic mass is 32.2. The Bertz CT molecular complexity index is 388. The van der Waals surface area contributed by atoms with Crippen LogP contribution in [-0.2, 0) is 11.2 Å². The van der Waals surface area contributed by atoms with E-state index < -0.39 is 10.7 Å². The lowest BCUT2D eigenvalue weighted by Gasteiger charge is -2.18. The average Bonchev–Trinajstić information content (AvgIpc) is 2.26. The van der Waals surface area contributed by atoms with E-state index in [0.717, 1.165) is 23.3 Å². The largest absolute Gasteiger partial charge is 0.480 e. The van der Waals surface area contributed by atoms with Crippen LogP contribution >= 0.6 is 11.8 Å². The van der Waals surface area contributed by atoms with Crippen molar-refractivity contribution in [1.29, 1.82) is 0 Å². The minimum absolute atomic E-state index is 0.179. The number of carbonyl (C=O) groups is 1. The van der Waals surface area contributed by atoms with Gasteiger partial charge in [-0.2, -0.15) is 0 Å². The molecule has 94 valence electrons. The number of thioether (sulfide) groups is 1. The van der Waals surface area contributed by atoms with Crippen LogP contribution in [0.3, 0.4) is 0 Å². The lowest BCUT2D eigenvalue weighted by atomic mass is 10.1. The molecule has 0 aromatic heterocycles. The van der Waals surface area contributed by atoms with Gasteiger partial charge in [0.15, 0.2) is 0 Å². The van der Waals surface area contributed by atoms with E-state index in [0.29, 0.717) is 0 Å². The van der Waals surface area contributed by atoms with Crippen LogP contribution in [-0.4, -0.2) is 27.5 Å². The predicted octanol–water partition coefficient (Wildman–Crippen LogP) is 2.57. The molecule has 0 spiro atoms. The third kappa shape index (κ3) is 4.40. The van der Waals surface area contributed by atoms with Crippen molar-refractivity contribution < 1.29 is 15.0 Å². The van der Waals surface area contributed by atoms with Gasteiger partial charge in [-0.3, -0.25) is 4.79 Å². The first kappa shape index (κ1) is 14.1. The first-order valence-electron chi connectivity index (χ1n) is 5.58. The summed E-state index contributed by atoms with van der Waals surface area (Å²) in [6.45, 7) is 3.57. The molecular formula is C13H18O3S. The lowest BCUT2D eigenvalue weighted by Crippen LogP contribution is -2.26. The Balaban J connectivity index is 2.75. The number of hydrogen-bond acceptors (Lipinski definition) is 3. The first-order chi connectivity index (χ1) is 7.95. The Morgan fingerprint density at radius 2 is 2.12 bits per heavy atom. The summed E-state index contributed by atoms with van der Waals surface area (Å²) in [7, 11) is 0. The Morgan fingerprint density at radius 1 is 1.41 bits per heavy atom. The number of aryl methyl sites for hydroxylation is 1. The Hall–Kier alpha value is -1.00. The third-order valence-electron chi connectivity index (χ3n) is 2.41. The number of hydrogen-bond donors (Lipinski definition) is 2. The van der Waals surface area contributed by atoms with Crippen molar-refractivity contribution in [3.05, 3.63) is 29.8 Å². The highest BCUT2D eigenvalue weighted by Gasteiger charge is 2.28. The average molecular weight is 254 g/mol. The Kier molecular flexibility index (Phi) is 5.02. The zero-order chi connectivity index (χ0) is 12.9. The van der Waals surface area contributed by atoms with Crippen LogP contribution in [0.15, 0.2) is 29.2 Å². The molecule has 0 heterocycles. The van der Waals surface area contributed by atoms with Crippen molar-refractivity contribution in [2.24, 2.45) is 0 Å². The van der Waals surface area contributed by atoms with Gasteiger partial charge in [0.2, 0.25) is 0 Å². The van der Waals surface area contributed by atoms with Gasteiger partial charge in [0, 0.05) is 11.5 Å². The van der Waals surface area contributed by atoms with E-state index in [4.69, 9.17) is 10.2 Å². The zero-order valence-corrected chi connectivity index (χ0v) is 11.0. The van der Waals surface area contributed by atoms with Gasteiger partial charge in [-0.1, -0.05) is 12.1 Å². The summed E-state index contributed by atoms with van der Waals surface area (Å²) in [5, 5.41) is 17.8. The van der Waals surface area contributed by atoms with Gasteiger partial charge < -0.3 is 10.2 Å². The summed E-state index contributed by atoms with van der Waals surface area (Å²) in [6, 6.07) is 7.82. The summed E-state index contributed by atoms with van der Waals surface area (Å²) < 4.78 is -0.824. The van der Waals surface area contributed by atoms with E-state index in [-0.39, 0.29) is 6.61 Å². The summed E-state index contributed by atoms with van der Waals surface area (Å²) in [4.78, 5) is 12.0. The van der Waals surface area contributed by atoms with Gasteiger partial charge in [0.05, 0.1) is 0 Å². The molecule has 1 rings (SSSR count). The van der Waals surface area contributed by atoms with E-state index in [2.05, 4.69) is 0 Å². The van der Waals surface area contributed by atoms with Crippen LogP contribution in [0.5, 0.6) is 0 Å². The summed E-state index contributed by atoms with van der Waals surface area (Å²) in [5.41, 5.74) is 1.13. The van der Waals surface area contributed by atoms with Crippen molar-refractivity contribution in [3.63, 3.8) is 0 Å². The monoisotopic (exact) mass is 254 g/mol. The molecule has 3 nitrogen and oxygen atoms in total. The maximum absolute atomic E-state index is 11.0. The number of carboxylic acid groups (broad SMARTS) is 1. The molecule has 0 saturated heterocycles. The first-order valence-corrected chi connectivity index (χ1v) is 6.39. The Morgan fingerprint density at radius 3 is 2.71 bits per heavy atom. The van der Waals surface area contributed by atoms with Crippen molar-refractivity contribution in [1.82, 2.24) is 0 Å². The fourth-order valence-corrected chi connectivity index (χ4v) is 2.42. The van der Waals surface area contributed by atoms with Gasteiger partial charge in [0.25, 0.3) is 0 Å². The number of aliphatic hydroxyl groups excluding tert-OH is 1. The molecule has 1 aromatic carbocycles. The molecule has 4 heteroatoms. The normalized spacial score (nSPS) is 11.5. The second kappa shape index (κ2) is 6.07. The molecule has 0 aliphatic rings. The predicted molar refractivity (Wildman–Crippen MR) is 69.4 cm³/mol. The van der Waals surface area contributed by atoms with Crippen molar-refractivity contribution >= 4 is 17.7 Å². The molecule has 0 aliphatic carbocycles. The van der Waals surface area contributed by atoms with Crippen LogP contribution in [0.2, 0.25) is 0 Å². The van der Waals surface area contributed by atoms with Gasteiger partial charge in [-0.15, -0.1) is 11.8 Å². The van der Waals surface area contributed by atoms with Crippen molar-refractivity contribution in [3.8, 4) is 0 Å². The third-order valence-corrected chi connectivity index (χ3v) is 3.58. The maximum atomic E-state index is 11.0. The molecular weight excluding hydrogens is 236 g/mol. The van der Waals surface area contributed by atoms with E-state index in [1.54, 1.807) is 13.8 Å². The van der Waals surface area contributed by atoms with Gasteiger partial charge in [-0.05, 0) is 44.4 Å². The summed E-state index contributed by atoms with van der Waals surface area (Å²) in [5.74, 6) is -0.816. The zero-order valence-electron chi connectivity index (χ0n) is 10.1. The van der Waals surface area contributed by atoms with E-state index in [9.17, 15) is 4.79 Å². The van der Waals surface area contributed by atoms with E-state index in [1.807, 2.05) is 24.3 Å². The van der Waals surface area contributed by atoms with Crippen molar-refractivity contribution in [2.45, 2.75) is 36.3 Å². The number of aliphatic hydroxyl groups is 1. The molecule has 0 unspecified atom stereocenters. The minimum Gasteiger partial charge on any atom is -0.480 e. The number of aliphatic carboxylic acids is 1. The second-order valence-electron chi connectivity index (χ2n) is 4.39. The van der Waals surface area contributed by atoms with Crippen LogP contribution in [0.1, 0.15) is 25.8 Å². The van der Waals surface area contributed by atoms with Gasteiger partial charge >= 0.3 is 5.97 Å². The van der Waals surface area contributed by atoms with Gasteiger partial charge in [0.1, 0.15) is 4.75 Å². The number of rotatable bonds is 6. The summed E-state index contributed by atoms with van der Waals surface area (Å²) in [6.07, 6.45) is 1.55. The molecule has 0 radical (unpaired) electrons. The second-order valence-corrected chi connectivity index (χ2v) is 6.09. The van der Waals surface area contributed by atoms with Crippen LogP contribution in [0.25, 0.3) is 0 Å². The minimum atomic E-state index is -0.824. The van der Waals surface area contributed by atoms with E-state index in [1.165, 1.54) is 11.8 Å². The smallest absolute Gasteiger partial charge is 0.319 e. The highest BCUT2D eigenvalue weighted by Crippen LogP contribution is 2.33. The molecule has 2 N–H and O–H groups in total. The highest BCUT2D eigenvalue weighted by molar-refractivity contribution is 8.01. The molecule has 0 saturated carbocycles. The standard InChI is InChI=1S/C13H18O3S/c1-13(2,12(15)16)17-11-7-3-5-10(9-11)6-4-8-14/h3,5,7,9,14H,4,6,8H2,1-2H3,(H,15,16). The maximum Gasteiger partial charge on any atom is 0.319 e. The van der Waals surface area contributed by atoms with Gasteiger partial charge in [-0.25, -0.2) is 0 Å². The van der Waals surface area contributed by atoms with Crippen LogP contribution in [0, 0.1) is 0 Å². The van der Waals surface area contributed by atoms with Crippen LogP contribution < -0.4 is 0 Å². The molecule has 0 aliphatic heterocycles. The molecule has 0 bridgehead atoms. The SMILES string of the molecule is CC(C)(Sc1cccc(CCCO)c1)C(=O)O. The van der Waals surface area contributed by atoms with Crippen LogP contribution in [0.4, 0.5) is 0 Å². The lowest BCUT2D eigenvalue weighted by molar-refractivity contribution is -0.138. The molecule has 0 fully saturated rings.